The molecule has 0 spiro atoms. The Labute approximate surface area is 159 Å². The van der Waals surface area contributed by atoms with E-state index in [0.29, 0.717) is 39.1 Å². The SMILES string of the molecule is CNC(=O)c1c(C)c(C(=O)NC)c(C)c(C(=O)Nc2ccc(C)cc2)c1C. The zero-order valence-corrected chi connectivity index (χ0v) is 16.5. The van der Waals surface area contributed by atoms with Crippen LogP contribution >= 0.6 is 0 Å². The highest BCUT2D eigenvalue weighted by molar-refractivity contribution is 6.12. The van der Waals surface area contributed by atoms with E-state index in [-0.39, 0.29) is 17.7 Å². The average molecular weight is 367 g/mol. The molecule has 0 bridgehead atoms. The minimum atomic E-state index is -0.357. The second-order valence-electron chi connectivity index (χ2n) is 6.48. The summed E-state index contributed by atoms with van der Waals surface area (Å²) in [5.74, 6) is -1.02. The Hall–Kier alpha value is -3.15. The Balaban J connectivity index is 2.66. The maximum atomic E-state index is 13.0. The van der Waals surface area contributed by atoms with Gasteiger partial charge in [-0.2, -0.15) is 0 Å². The summed E-state index contributed by atoms with van der Waals surface area (Å²) in [7, 11) is 3.04. The third-order valence-electron chi connectivity index (χ3n) is 4.69. The van der Waals surface area contributed by atoms with E-state index in [1.54, 1.807) is 20.8 Å². The van der Waals surface area contributed by atoms with Crippen LogP contribution < -0.4 is 16.0 Å². The number of carbonyl (C=O) groups excluding carboxylic acids is 3. The summed E-state index contributed by atoms with van der Waals surface area (Å²) >= 11 is 0. The van der Waals surface area contributed by atoms with E-state index in [1.165, 1.54) is 14.1 Å². The number of hydrogen-bond acceptors (Lipinski definition) is 3. The first-order chi connectivity index (χ1) is 12.7. The van der Waals surface area contributed by atoms with E-state index in [2.05, 4.69) is 16.0 Å². The van der Waals surface area contributed by atoms with Crippen molar-refractivity contribution >= 4 is 23.4 Å². The number of benzene rings is 2. The van der Waals surface area contributed by atoms with Crippen molar-refractivity contribution in [2.24, 2.45) is 0 Å². The van der Waals surface area contributed by atoms with E-state index in [1.807, 2.05) is 31.2 Å². The summed E-state index contributed by atoms with van der Waals surface area (Å²) in [5, 5.41) is 8.03. The quantitative estimate of drug-likeness (QED) is 0.776. The van der Waals surface area contributed by atoms with Crippen LogP contribution in [0.15, 0.2) is 24.3 Å². The summed E-state index contributed by atoms with van der Waals surface area (Å²) in [6, 6.07) is 7.42. The fourth-order valence-corrected chi connectivity index (χ4v) is 3.32. The lowest BCUT2D eigenvalue weighted by Crippen LogP contribution is -2.28. The number of aryl methyl sites for hydroxylation is 1. The summed E-state index contributed by atoms with van der Waals surface area (Å²) in [5.41, 5.74) is 4.39. The second-order valence-corrected chi connectivity index (χ2v) is 6.48. The predicted octanol–water partition coefficient (Wildman–Crippen LogP) is 2.89. The van der Waals surface area contributed by atoms with Crippen molar-refractivity contribution in [3.8, 4) is 0 Å². The van der Waals surface area contributed by atoms with E-state index >= 15 is 0 Å². The number of amides is 3. The molecule has 0 aliphatic carbocycles. The van der Waals surface area contributed by atoms with E-state index in [9.17, 15) is 14.4 Å². The van der Waals surface area contributed by atoms with Crippen LogP contribution in [0.25, 0.3) is 0 Å². The highest BCUT2D eigenvalue weighted by Crippen LogP contribution is 2.28. The number of carbonyl (C=O) groups is 3. The van der Waals surface area contributed by atoms with Gasteiger partial charge >= 0.3 is 0 Å². The first-order valence-corrected chi connectivity index (χ1v) is 8.68. The lowest BCUT2D eigenvalue weighted by molar-refractivity contribution is 0.0962. The first kappa shape index (κ1) is 20.2. The molecule has 0 unspecified atom stereocenters. The number of nitrogens with one attached hydrogen (secondary N) is 3. The van der Waals surface area contributed by atoms with Crippen LogP contribution in [0.3, 0.4) is 0 Å². The van der Waals surface area contributed by atoms with Gasteiger partial charge in [0, 0.05) is 36.5 Å². The van der Waals surface area contributed by atoms with Gasteiger partial charge in [-0.1, -0.05) is 17.7 Å². The molecule has 0 saturated carbocycles. The van der Waals surface area contributed by atoms with Crippen LogP contribution in [0, 0.1) is 27.7 Å². The highest BCUT2D eigenvalue weighted by Gasteiger charge is 2.27. The summed E-state index contributed by atoms with van der Waals surface area (Å²) < 4.78 is 0. The van der Waals surface area contributed by atoms with Crippen molar-refractivity contribution in [2.45, 2.75) is 27.7 Å². The summed E-state index contributed by atoms with van der Waals surface area (Å²) in [6.45, 7) is 7.13. The Bertz CT molecular complexity index is 872. The molecule has 142 valence electrons. The van der Waals surface area contributed by atoms with Crippen molar-refractivity contribution in [2.75, 3.05) is 19.4 Å². The number of hydrogen-bond donors (Lipinski definition) is 3. The average Bonchev–Trinajstić information content (AvgIpc) is 2.63. The normalized spacial score (nSPS) is 10.3. The Morgan fingerprint density at radius 2 is 1.00 bits per heavy atom. The van der Waals surface area contributed by atoms with E-state index in [4.69, 9.17) is 0 Å². The van der Waals surface area contributed by atoms with Gasteiger partial charge in [-0.25, -0.2) is 0 Å². The standard InChI is InChI=1S/C21H25N3O3/c1-11-7-9-15(10-8-11)24-21(27)18-13(3)16(19(25)22-5)12(2)17(14(18)4)20(26)23-6/h7-10H,1-6H3,(H,22,25)(H,23,26)(H,24,27). The molecule has 3 amide bonds. The highest BCUT2D eigenvalue weighted by atomic mass is 16.2. The molecule has 2 aromatic rings. The van der Waals surface area contributed by atoms with Crippen molar-refractivity contribution in [3.63, 3.8) is 0 Å². The molecule has 0 fully saturated rings. The molecule has 0 heterocycles. The van der Waals surface area contributed by atoms with Gasteiger partial charge in [-0.3, -0.25) is 14.4 Å². The smallest absolute Gasteiger partial charge is 0.256 e. The second kappa shape index (κ2) is 8.03. The van der Waals surface area contributed by atoms with Gasteiger partial charge < -0.3 is 16.0 Å². The van der Waals surface area contributed by atoms with Gasteiger partial charge in [0.05, 0.1) is 0 Å². The zero-order valence-electron chi connectivity index (χ0n) is 16.5. The summed E-state index contributed by atoms with van der Waals surface area (Å²) in [4.78, 5) is 37.9. The minimum Gasteiger partial charge on any atom is -0.355 e. The molecule has 27 heavy (non-hydrogen) atoms. The molecule has 6 heteroatoms. The topological polar surface area (TPSA) is 87.3 Å². The number of rotatable bonds is 4. The third kappa shape index (κ3) is 3.84. The van der Waals surface area contributed by atoms with Crippen LogP contribution in [0.4, 0.5) is 5.69 Å². The zero-order chi connectivity index (χ0) is 20.3. The van der Waals surface area contributed by atoms with Gasteiger partial charge in [0.1, 0.15) is 0 Å². The van der Waals surface area contributed by atoms with E-state index in [0.717, 1.165) is 5.56 Å². The largest absolute Gasteiger partial charge is 0.355 e. The van der Waals surface area contributed by atoms with Crippen LogP contribution in [0.1, 0.15) is 53.3 Å². The van der Waals surface area contributed by atoms with Crippen LogP contribution in [-0.4, -0.2) is 31.8 Å². The Kier molecular flexibility index (Phi) is 6.00. The molecular weight excluding hydrogens is 342 g/mol. The Morgan fingerprint density at radius 3 is 1.37 bits per heavy atom. The molecule has 6 nitrogen and oxygen atoms in total. The molecule has 2 aromatic carbocycles. The van der Waals surface area contributed by atoms with Crippen molar-refractivity contribution < 1.29 is 14.4 Å². The lowest BCUT2D eigenvalue weighted by atomic mass is 9.87. The molecule has 0 atom stereocenters. The molecule has 0 aliphatic rings. The molecule has 2 rings (SSSR count). The molecule has 0 radical (unpaired) electrons. The molecule has 0 saturated heterocycles. The molecule has 3 N–H and O–H groups in total. The van der Waals surface area contributed by atoms with Crippen molar-refractivity contribution in [1.82, 2.24) is 10.6 Å². The van der Waals surface area contributed by atoms with Gasteiger partial charge in [-0.15, -0.1) is 0 Å². The maximum absolute atomic E-state index is 13.0. The fourth-order valence-electron chi connectivity index (χ4n) is 3.32. The fraction of sp³-hybridized carbons (Fsp3) is 0.286. The van der Waals surface area contributed by atoms with E-state index < -0.39 is 0 Å². The van der Waals surface area contributed by atoms with Gasteiger partial charge in [0.25, 0.3) is 17.7 Å². The lowest BCUT2D eigenvalue weighted by Gasteiger charge is -2.20. The van der Waals surface area contributed by atoms with Gasteiger partial charge in [-0.05, 0) is 56.5 Å². The molecular formula is C21H25N3O3. The molecule has 0 aliphatic heterocycles. The minimum absolute atomic E-state index is 0.332. The maximum Gasteiger partial charge on any atom is 0.256 e. The third-order valence-corrected chi connectivity index (χ3v) is 4.69. The van der Waals surface area contributed by atoms with Crippen LogP contribution in [0.2, 0.25) is 0 Å². The Morgan fingerprint density at radius 1 is 0.630 bits per heavy atom. The van der Waals surface area contributed by atoms with Crippen molar-refractivity contribution in [1.29, 1.82) is 0 Å². The summed E-state index contributed by atoms with van der Waals surface area (Å²) in [6.07, 6.45) is 0. The van der Waals surface area contributed by atoms with Crippen LogP contribution in [0.5, 0.6) is 0 Å². The number of anilines is 1. The monoisotopic (exact) mass is 367 g/mol. The van der Waals surface area contributed by atoms with Crippen molar-refractivity contribution in [3.05, 3.63) is 63.2 Å². The predicted molar refractivity (Wildman–Crippen MR) is 107 cm³/mol. The van der Waals surface area contributed by atoms with Gasteiger partial charge in [0.15, 0.2) is 0 Å². The van der Waals surface area contributed by atoms with Crippen LogP contribution in [-0.2, 0) is 0 Å². The first-order valence-electron chi connectivity index (χ1n) is 8.68. The van der Waals surface area contributed by atoms with Gasteiger partial charge in [0.2, 0.25) is 0 Å². The molecule has 0 aromatic heterocycles.